The molecular formula is C15H14N2O4. The average Bonchev–Trinajstić information content (AvgIpc) is 2.73. The van der Waals surface area contributed by atoms with Crippen molar-refractivity contribution in [1.82, 2.24) is 5.01 Å². The maximum Gasteiger partial charge on any atom is 0.335 e. The van der Waals surface area contributed by atoms with E-state index in [1.54, 1.807) is 12.1 Å². The van der Waals surface area contributed by atoms with Crippen LogP contribution in [0.2, 0.25) is 0 Å². The molecule has 1 aliphatic carbocycles. The average molecular weight is 286 g/mol. The van der Waals surface area contributed by atoms with Gasteiger partial charge in [0.1, 0.15) is 0 Å². The van der Waals surface area contributed by atoms with Gasteiger partial charge in [-0.05, 0) is 31.0 Å². The maximum atomic E-state index is 12.3. The van der Waals surface area contributed by atoms with E-state index in [0.29, 0.717) is 18.5 Å². The molecule has 6 nitrogen and oxygen atoms in total. The van der Waals surface area contributed by atoms with E-state index in [1.165, 1.54) is 12.1 Å². The molecule has 0 spiro atoms. The molecule has 2 aliphatic rings. The SMILES string of the molecule is O=C(O)c1cccc(NN2C(=O)[C@H]3CC=CC[C@H]3C2=O)c1. The molecule has 2 atom stereocenters. The molecule has 2 amide bonds. The summed E-state index contributed by atoms with van der Waals surface area (Å²) in [6.45, 7) is 0. The minimum absolute atomic E-state index is 0.0955. The molecule has 108 valence electrons. The van der Waals surface area contributed by atoms with Crippen LogP contribution in [0.5, 0.6) is 0 Å². The van der Waals surface area contributed by atoms with Crippen LogP contribution < -0.4 is 5.43 Å². The van der Waals surface area contributed by atoms with Gasteiger partial charge in [-0.3, -0.25) is 15.0 Å². The lowest BCUT2D eigenvalue weighted by Gasteiger charge is -2.17. The number of aromatic carboxylic acids is 1. The van der Waals surface area contributed by atoms with Gasteiger partial charge in [0.2, 0.25) is 0 Å². The lowest BCUT2D eigenvalue weighted by atomic mass is 9.85. The number of carboxylic acids is 1. The van der Waals surface area contributed by atoms with Crippen molar-refractivity contribution in [3.63, 3.8) is 0 Å². The van der Waals surface area contributed by atoms with Gasteiger partial charge < -0.3 is 5.11 Å². The molecule has 3 rings (SSSR count). The number of imide groups is 1. The van der Waals surface area contributed by atoms with Crippen LogP contribution in [-0.4, -0.2) is 27.9 Å². The molecule has 0 aromatic heterocycles. The number of allylic oxidation sites excluding steroid dienone is 2. The smallest absolute Gasteiger partial charge is 0.335 e. The third-order valence-electron chi connectivity index (χ3n) is 3.86. The fourth-order valence-corrected chi connectivity index (χ4v) is 2.76. The van der Waals surface area contributed by atoms with E-state index >= 15 is 0 Å². The number of amides is 2. The van der Waals surface area contributed by atoms with Crippen LogP contribution in [0.4, 0.5) is 5.69 Å². The zero-order valence-electron chi connectivity index (χ0n) is 11.2. The van der Waals surface area contributed by atoms with Crippen LogP contribution in [-0.2, 0) is 9.59 Å². The van der Waals surface area contributed by atoms with E-state index in [2.05, 4.69) is 5.43 Å². The zero-order chi connectivity index (χ0) is 15.0. The predicted molar refractivity (Wildman–Crippen MR) is 74.2 cm³/mol. The Morgan fingerprint density at radius 2 is 1.76 bits per heavy atom. The molecule has 1 saturated heterocycles. The van der Waals surface area contributed by atoms with Crippen molar-refractivity contribution in [1.29, 1.82) is 0 Å². The Balaban J connectivity index is 1.82. The van der Waals surface area contributed by atoms with Gasteiger partial charge in [-0.15, -0.1) is 0 Å². The summed E-state index contributed by atoms with van der Waals surface area (Å²) in [5, 5.41) is 9.98. The van der Waals surface area contributed by atoms with Crippen molar-refractivity contribution in [3.05, 3.63) is 42.0 Å². The van der Waals surface area contributed by atoms with Crippen LogP contribution in [0.15, 0.2) is 36.4 Å². The lowest BCUT2D eigenvalue weighted by molar-refractivity contribution is -0.138. The largest absolute Gasteiger partial charge is 0.478 e. The summed E-state index contributed by atoms with van der Waals surface area (Å²) in [6, 6.07) is 6.02. The number of nitrogens with one attached hydrogen (secondary N) is 1. The number of carbonyl (C=O) groups is 3. The molecule has 1 aromatic carbocycles. The molecule has 0 unspecified atom stereocenters. The van der Waals surface area contributed by atoms with Gasteiger partial charge in [0.15, 0.2) is 0 Å². The number of rotatable bonds is 3. The number of benzene rings is 1. The van der Waals surface area contributed by atoms with Gasteiger partial charge in [0.25, 0.3) is 11.8 Å². The molecule has 21 heavy (non-hydrogen) atoms. The van der Waals surface area contributed by atoms with Crippen LogP contribution in [0, 0.1) is 11.8 Å². The molecular weight excluding hydrogens is 272 g/mol. The zero-order valence-corrected chi connectivity index (χ0v) is 11.2. The molecule has 0 radical (unpaired) electrons. The topological polar surface area (TPSA) is 86.7 Å². The number of carboxylic acid groups (broad SMARTS) is 1. The number of hydrogen-bond donors (Lipinski definition) is 2. The number of anilines is 1. The van der Waals surface area contributed by atoms with Crippen LogP contribution in [0.25, 0.3) is 0 Å². The summed E-state index contributed by atoms with van der Waals surface area (Å²) in [5.74, 6) is -2.18. The number of nitrogens with zero attached hydrogens (tertiary/aromatic N) is 1. The summed E-state index contributed by atoms with van der Waals surface area (Å²) < 4.78 is 0. The summed E-state index contributed by atoms with van der Waals surface area (Å²) >= 11 is 0. The van der Waals surface area contributed by atoms with Gasteiger partial charge >= 0.3 is 5.97 Å². The first-order chi connectivity index (χ1) is 10.1. The summed E-state index contributed by atoms with van der Waals surface area (Å²) in [7, 11) is 0. The van der Waals surface area contributed by atoms with Gasteiger partial charge in [-0.1, -0.05) is 18.2 Å². The van der Waals surface area contributed by atoms with Crippen molar-refractivity contribution in [2.24, 2.45) is 11.8 Å². The van der Waals surface area contributed by atoms with Gasteiger partial charge in [-0.25, -0.2) is 4.79 Å². The third-order valence-corrected chi connectivity index (χ3v) is 3.86. The van der Waals surface area contributed by atoms with Gasteiger partial charge in [0.05, 0.1) is 23.1 Å². The Bertz CT molecular complexity index is 627. The fourth-order valence-electron chi connectivity index (χ4n) is 2.76. The van der Waals surface area contributed by atoms with E-state index in [1.807, 2.05) is 12.2 Å². The third kappa shape index (κ3) is 2.29. The van der Waals surface area contributed by atoms with Crippen molar-refractivity contribution in [3.8, 4) is 0 Å². The number of fused-ring (bicyclic) bond motifs is 1. The molecule has 1 heterocycles. The van der Waals surface area contributed by atoms with Crippen molar-refractivity contribution < 1.29 is 19.5 Å². The Morgan fingerprint density at radius 1 is 1.14 bits per heavy atom. The van der Waals surface area contributed by atoms with Crippen LogP contribution in [0.3, 0.4) is 0 Å². The highest BCUT2D eigenvalue weighted by Crippen LogP contribution is 2.35. The maximum absolute atomic E-state index is 12.3. The quantitative estimate of drug-likeness (QED) is 0.652. The highest BCUT2D eigenvalue weighted by Gasteiger charge is 2.47. The highest BCUT2D eigenvalue weighted by atomic mass is 16.4. The van der Waals surface area contributed by atoms with Crippen molar-refractivity contribution in [2.75, 3.05) is 5.43 Å². The summed E-state index contributed by atoms with van der Waals surface area (Å²) in [4.78, 5) is 35.5. The molecule has 1 aromatic rings. The first-order valence-electron chi connectivity index (χ1n) is 6.71. The molecule has 6 heteroatoms. The van der Waals surface area contributed by atoms with Crippen molar-refractivity contribution in [2.45, 2.75) is 12.8 Å². The number of hydrazine groups is 1. The molecule has 0 saturated carbocycles. The Kier molecular flexibility index (Phi) is 3.21. The van der Waals surface area contributed by atoms with E-state index in [4.69, 9.17) is 5.11 Å². The van der Waals surface area contributed by atoms with Gasteiger partial charge in [0, 0.05) is 0 Å². The highest BCUT2D eigenvalue weighted by molar-refractivity contribution is 6.06. The molecule has 2 N–H and O–H groups in total. The van der Waals surface area contributed by atoms with E-state index in [0.717, 1.165) is 5.01 Å². The van der Waals surface area contributed by atoms with Gasteiger partial charge in [-0.2, -0.15) is 5.01 Å². The normalized spacial score (nSPS) is 24.1. The number of hydrogen-bond acceptors (Lipinski definition) is 4. The lowest BCUT2D eigenvalue weighted by Crippen LogP contribution is -2.36. The Morgan fingerprint density at radius 3 is 2.33 bits per heavy atom. The van der Waals surface area contributed by atoms with E-state index < -0.39 is 5.97 Å². The first-order valence-corrected chi connectivity index (χ1v) is 6.71. The minimum Gasteiger partial charge on any atom is -0.478 e. The Labute approximate surface area is 121 Å². The van der Waals surface area contributed by atoms with E-state index in [-0.39, 0.29) is 29.2 Å². The predicted octanol–water partition coefficient (Wildman–Crippen LogP) is 1.66. The summed E-state index contributed by atoms with van der Waals surface area (Å²) in [5.41, 5.74) is 3.24. The number of carbonyl (C=O) groups excluding carboxylic acids is 2. The standard InChI is InChI=1S/C15H14N2O4/c18-13-11-6-1-2-7-12(11)14(19)17(13)16-10-5-3-4-9(8-10)15(20)21/h1-5,8,11-12,16H,6-7H2,(H,20,21)/t11-,12+. The summed E-state index contributed by atoms with van der Waals surface area (Å²) in [6.07, 6.45) is 4.98. The Hall–Kier alpha value is -2.63. The van der Waals surface area contributed by atoms with Crippen molar-refractivity contribution >= 4 is 23.5 Å². The second kappa shape index (κ2) is 5.05. The van der Waals surface area contributed by atoms with Crippen LogP contribution >= 0.6 is 0 Å². The second-order valence-electron chi connectivity index (χ2n) is 5.17. The molecule has 0 bridgehead atoms. The molecule has 1 fully saturated rings. The fraction of sp³-hybridized carbons (Fsp3) is 0.267. The van der Waals surface area contributed by atoms with Crippen LogP contribution in [0.1, 0.15) is 23.2 Å². The molecule has 1 aliphatic heterocycles. The first kappa shape index (κ1) is 13.4. The second-order valence-corrected chi connectivity index (χ2v) is 5.17. The van der Waals surface area contributed by atoms with E-state index in [9.17, 15) is 14.4 Å². The minimum atomic E-state index is -1.06. The monoisotopic (exact) mass is 286 g/mol.